The van der Waals surface area contributed by atoms with E-state index in [1.54, 1.807) is 0 Å². The van der Waals surface area contributed by atoms with Crippen molar-refractivity contribution in [1.29, 1.82) is 0 Å². The molecule has 228 valence electrons. The molecule has 2 heterocycles. The fraction of sp³-hybridized carbons (Fsp3) is 0.444. The molecule has 8 heteroatoms. The van der Waals surface area contributed by atoms with Gasteiger partial charge in [0, 0.05) is 23.2 Å². The van der Waals surface area contributed by atoms with E-state index in [9.17, 15) is 9.90 Å². The number of imidazole rings is 1. The minimum Gasteiger partial charge on any atom is -0.392 e. The van der Waals surface area contributed by atoms with E-state index in [1.807, 2.05) is 73.1 Å². The van der Waals surface area contributed by atoms with E-state index in [0.717, 1.165) is 70.4 Å². The Morgan fingerprint density at radius 1 is 0.886 bits per heavy atom. The Hall–Kier alpha value is -3.72. The maximum absolute atomic E-state index is 13.3. The molecule has 4 bridgehead atoms. The summed E-state index contributed by atoms with van der Waals surface area (Å²) in [5, 5.41) is 16.1. The summed E-state index contributed by atoms with van der Waals surface area (Å²) in [5.74, 6) is 2.31. The van der Waals surface area contributed by atoms with Crippen LogP contribution in [0.1, 0.15) is 74.0 Å². The van der Waals surface area contributed by atoms with Gasteiger partial charge in [-0.25, -0.2) is 9.78 Å². The molecular formula is C36H40N4O4. The van der Waals surface area contributed by atoms with Crippen LogP contribution in [0.3, 0.4) is 0 Å². The molecule has 3 aromatic carbocycles. The summed E-state index contributed by atoms with van der Waals surface area (Å²) in [6.07, 6.45) is 8.98. The van der Waals surface area contributed by atoms with Gasteiger partial charge in [-0.05, 0) is 91.7 Å². The molecule has 9 rings (SSSR count). The second-order valence-electron chi connectivity index (χ2n) is 13.6. The van der Waals surface area contributed by atoms with Crippen LogP contribution in [0.15, 0.2) is 79.1 Å². The molecule has 4 aromatic rings. The Bertz CT molecular complexity index is 1610. The molecule has 1 aliphatic heterocycles. The number of rotatable bonds is 7. The van der Waals surface area contributed by atoms with Crippen LogP contribution in [-0.4, -0.2) is 32.3 Å². The predicted molar refractivity (Wildman–Crippen MR) is 168 cm³/mol. The number of hydrogen-bond donors (Lipinski definition) is 3. The molecule has 5 fully saturated rings. The SMILES string of the molecule is O=C(Nc1cccc(C2OC(Cn3cnc4ccccc43)CC(c3ccc(CO)cc3)O2)c1)NC12CC3CC(CC(C3)C1)C2. The number of nitrogens with one attached hydrogen (secondary N) is 2. The van der Waals surface area contributed by atoms with Crippen LogP contribution in [0.2, 0.25) is 0 Å². The number of carbonyl (C=O) groups is 1. The lowest BCUT2D eigenvalue weighted by Crippen LogP contribution is -2.60. The quantitative estimate of drug-likeness (QED) is 0.218. The highest BCUT2D eigenvalue weighted by Crippen LogP contribution is 2.55. The van der Waals surface area contributed by atoms with Gasteiger partial charge in [-0.1, -0.05) is 48.5 Å². The van der Waals surface area contributed by atoms with Gasteiger partial charge >= 0.3 is 6.03 Å². The molecule has 1 saturated heterocycles. The van der Waals surface area contributed by atoms with E-state index in [1.165, 1.54) is 19.3 Å². The van der Waals surface area contributed by atoms with Gasteiger partial charge in [0.2, 0.25) is 0 Å². The number of aromatic nitrogens is 2. The number of aliphatic hydroxyl groups excluding tert-OH is 1. The Morgan fingerprint density at radius 2 is 1.64 bits per heavy atom. The normalized spacial score (nSPS) is 30.8. The van der Waals surface area contributed by atoms with Crippen LogP contribution in [-0.2, 0) is 22.6 Å². The summed E-state index contributed by atoms with van der Waals surface area (Å²) in [4.78, 5) is 17.9. The number of hydrogen-bond acceptors (Lipinski definition) is 5. The van der Waals surface area contributed by atoms with E-state index in [-0.39, 0.29) is 30.4 Å². The number of benzene rings is 3. The minimum atomic E-state index is -0.612. The third kappa shape index (κ3) is 5.51. The molecular weight excluding hydrogens is 552 g/mol. The van der Waals surface area contributed by atoms with Gasteiger partial charge in [0.25, 0.3) is 0 Å². The van der Waals surface area contributed by atoms with Gasteiger partial charge in [0.15, 0.2) is 6.29 Å². The van der Waals surface area contributed by atoms with Crippen molar-refractivity contribution < 1.29 is 19.4 Å². The van der Waals surface area contributed by atoms with Gasteiger partial charge in [-0.3, -0.25) is 0 Å². The number of aliphatic hydroxyl groups is 1. The van der Waals surface area contributed by atoms with Crippen molar-refractivity contribution in [2.45, 2.75) is 82.1 Å². The number of anilines is 1. The van der Waals surface area contributed by atoms with Crippen LogP contribution in [0.25, 0.3) is 11.0 Å². The molecule has 5 aliphatic rings. The van der Waals surface area contributed by atoms with Crippen molar-refractivity contribution in [3.63, 3.8) is 0 Å². The lowest BCUT2D eigenvalue weighted by molar-refractivity contribution is -0.252. The van der Waals surface area contributed by atoms with Gasteiger partial charge in [-0.2, -0.15) is 0 Å². The van der Waals surface area contributed by atoms with Gasteiger partial charge in [0.1, 0.15) is 0 Å². The molecule has 3 N–H and O–H groups in total. The third-order valence-electron chi connectivity index (χ3n) is 10.4. The highest BCUT2D eigenvalue weighted by atomic mass is 16.7. The molecule has 3 atom stereocenters. The zero-order valence-corrected chi connectivity index (χ0v) is 24.9. The topological polar surface area (TPSA) is 97.6 Å². The largest absolute Gasteiger partial charge is 0.392 e. The highest BCUT2D eigenvalue weighted by Gasteiger charge is 2.51. The van der Waals surface area contributed by atoms with Gasteiger partial charge in [0.05, 0.1) is 42.7 Å². The molecule has 4 aliphatic carbocycles. The van der Waals surface area contributed by atoms with E-state index < -0.39 is 6.29 Å². The van der Waals surface area contributed by atoms with Crippen molar-refractivity contribution in [1.82, 2.24) is 14.9 Å². The number of fused-ring (bicyclic) bond motifs is 1. The number of urea groups is 1. The third-order valence-corrected chi connectivity index (χ3v) is 10.4. The molecule has 2 amide bonds. The fourth-order valence-electron chi connectivity index (χ4n) is 8.84. The molecule has 0 spiro atoms. The Morgan fingerprint density at radius 3 is 2.39 bits per heavy atom. The van der Waals surface area contributed by atoms with Crippen molar-refractivity contribution in [3.05, 3.63) is 95.8 Å². The first-order valence-corrected chi connectivity index (χ1v) is 16.1. The van der Waals surface area contributed by atoms with Crippen molar-refractivity contribution in [2.24, 2.45) is 17.8 Å². The maximum atomic E-state index is 13.3. The zero-order valence-electron chi connectivity index (χ0n) is 24.9. The van der Waals surface area contributed by atoms with Crippen molar-refractivity contribution in [3.8, 4) is 0 Å². The first-order chi connectivity index (χ1) is 21.5. The van der Waals surface area contributed by atoms with Crippen LogP contribution < -0.4 is 10.6 Å². The minimum absolute atomic E-state index is 0.00407. The molecule has 4 saturated carbocycles. The molecule has 0 radical (unpaired) electrons. The summed E-state index contributed by atoms with van der Waals surface area (Å²) in [5.41, 5.74) is 5.47. The van der Waals surface area contributed by atoms with Gasteiger partial charge < -0.3 is 29.8 Å². The fourth-order valence-corrected chi connectivity index (χ4v) is 8.84. The Balaban J connectivity index is 1.01. The molecule has 3 unspecified atom stereocenters. The monoisotopic (exact) mass is 592 g/mol. The molecule has 8 nitrogen and oxygen atoms in total. The van der Waals surface area contributed by atoms with Crippen LogP contribution in [0.5, 0.6) is 0 Å². The summed E-state index contributed by atoms with van der Waals surface area (Å²) < 4.78 is 15.3. The lowest BCUT2D eigenvalue weighted by atomic mass is 9.53. The summed E-state index contributed by atoms with van der Waals surface area (Å²) in [6.45, 7) is 0.640. The van der Waals surface area contributed by atoms with E-state index in [0.29, 0.717) is 13.0 Å². The number of amides is 2. The van der Waals surface area contributed by atoms with Crippen LogP contribution in [0, 0.1) is 17.8 Å². The number of nitrogens with zero attached hydrogens (tertiary/aromatic N) is 2. The second kappa shape index (κ2) is 11.3. The van der Waals surface area contributed by atoms with Crippen molar-refractivity contribution >= 4 is 22.8 Å². The van der Waals surface area contributed by atoms with Crippen LogP contribution in [0.4, 0.5) is 10.5 Å². The molecule has 44 heavy (non-hydrogen) atoms. The molecule has 1 aromatic heterocycles. The number of carbonyl (C=O) groups excluding carboxylic acids is 1. The van der Waals surface area contributed by atoms with E-state index >= 15 is 0 Å². The summed E-state index contributed by atoms with van der Waals surface area (Å²) in [6, 6.07) is 23.7. The zero-order chi connectivity index (χ0) is 29.7. The number of para-hydroxylation sites is 2. The summed E-state index contributed by atoms with van der Waals surface area (Å²) in [7, 11) is 0. The second-order valence-corrected chi connectivity index (χ2v) is 13.6. The Labute approximate surface area is 257 Å². The standard InChI is InChI=1S/C36H40N4O4/c41-21-23-8-10-27(11-9-23)33-16-30(20-40-22-37-31-6-1-2-7-32(31)40)43-34(44-33)28-4-3-5-29(15-28)38-35(42)39-36-17-24-12-25(18-36)14-26(13-24)19-36/h1-11,15,22,24-26,30,33-34,41H,12-14,16-21H2,(H2,38,39,42). The predicted octanol–water partition coefficient (Wildman–Crippen LogP) is 6.86. The van der Waals surface area contributed by atoms with Crippen molar-refractivity contribution in [2.75, 3.05) is 5.32 Å². The first-order valence-electron chi connectivity index (χ1n) is 16.1. The average Bonchev–Trinajstić information content (AvgIpc) is 3.42. The lowest BCUT2D eigenvalue weighted by Gasteiger charge is -2.56. The first kappa shape index (κ1) is 27.8. The van der Waals surface area contributed by atoms with E-state index in [4.69, 9.17) is 9.47 Å². The van der Waals surface area contributed by atoms with Crippen LogP contribution >= 0.6 is 0 Å². The summed E-state index contributed by atoms with van der Waals surface area (Å²) >= 11 is 0. The van der Waals surface area contributed by atoms with E-state index in [2.05, 4.69) is 26.3 Å². The Kier molecular flexibility index (Phi) is 7.16. The number of ether oxygens (including phenoxy) is 2. The smallest absolute Gasteiger partial charge is 0.319 e. The van der Waals surface area contributed by atoms with Gasteiger partial charge in [-0.15, -0.1) is 0 Å². The highest BCUT2D eigenvalue weighted by molar-refractivity contribution is 5.90. The average molecular weight is 593 g/mol. The maximum Gasteiger partial charge on any atom is 0.319 e.